The summed E-state index contributed by atoms with van der Waals surface area (Å²) in [4.78, 5) is 37.1. The van der Waals surface area contributed by atoms with Crippen molar-refractivity contribution >= 4 is 11.9 Å². The highest BCUT2D eigenvalue weighted by Crippen LogP contribution is 2.12. The van der Waals surface area contributed by atoms with Crippen molar-refractivity contribution in [2.45, 2.75) is 6.04 Å². The first kappa shape index (κ1) is 15.9. The van der Waals surface area contributed by atoms with E-state index < -0.39 is 17.9 Å². The fraction of sp³-hybridized carbons (Fsp3) is 0.250. The number of amides is 1. The maximum absolute atomic E-state index is 12.6. The van der Waals surface area contributed by atoms with Crippen molar-refractivity contribution in [3.05, 3.63) is 58.5 Å². The molecule has 0 aliphatic carbocycles. The lowest BCUT2D eigenvalue weighted by Crippen LogP contribution is -2.53. The molecule has 1 amide bonds. The zero-order valence-corrected chi connectivity index (χ0v) is 12.7. The number of benzene rings is 1. The van der Waals surface area contributed by atoms with Crippen LogP contribution < -0.4 is 5.56 Å². The molecule has 1 aliphatic heterocycles. The molecular formula is C16H15N3O5. The van der Waals surface area contributed by atoms with Crippen LogP contribution in [0, 0.1) is 0 Å². The lowest BCUT2D eigenvalue weighted by molar-refractivity contribution is -0.147. The average Bonchev–Trinajstić information content (AvgIpc) is 2.62. The van der Waals surface area contributed by atoms with Crippen LogP contribution >= 0.6 is 0 Å². The zero-order chi connectivity index (χ0) is 17.1. The van der Waals surface area contributed by atoms with E-state index in [4.69, 9.17) is 4.74 Å². The number of carboxylic acid groups (broad SMARTS) is 1. The first-order valence-corrected chi connectivity index (χ1v) is 7.35. The summed E-state index contributed by atoms with van der Waals surface area (Å²) in [6, 6.07) is 10.2. The molecule has 0 spiro atoms. The number of carbonyl (C=O) groups excluding carboxylic acids is 1. The number of para-hydroxylation sites is 1. The third-order valence-electron chi connectivity index (χ3n) is 3.69. The molecule has 3 rings (SSSR count). The summed E-state index contributed by atoms with van der Waals surface area (Å²) in [5, 5.41) is 13.3. The highest BCUT2D eigenvalue weighted by atomic mass is 16.5. The van der Waals surface area contributed by atoms with Crippen molar-refractivity contribution < 1.29 is 19.4 Å². The van der Waals surface area contributed by atoms with Gasteiger partial charge in [0.25, 0.3) is 11.5 Å². The van der Waals surface area contributed by atoms with Gasteiger partial charge in [-0.1, -0.05) is 18.2 Å². The van der Waals surface area contributed by atoms with Crippen LogP contribution in [-0.4, -0.2) is 57.5 Å². The number of nitrogens with zero attached hydrogens (tertiary/aromatic N) is 3. The third-order valence-corrected chi connectivity index (χ3v) is 3.69. The molecule has 24 heavy (non-hydrogen) atoms. The largest absolute Gasteiger partial charge is 0.480 e. The van der Waals surface area contributed by atoms with Gasteiger partial charge >= 0.3 is 5.97 Å². The van der Waals surface area contributed by atoms with Crippen molar-refractivity contribution in [3.63, 3.8) is 0 Å². The Bertz CT molecular complexity index is 818. The van der Waals surface area contributed by atoms with Gasteiger partial charge in [0.1, 0.15) is 5.69 Å². The molecule has 0 saturated carbocycles. The topological polar surface area (TPSA) is 102 Å². The first-order chi connectivity index (χ1) is 11.6. The monoisotopic (exact) mass is 329 g/mol. The molecule has 2 heterocycles. The lowest BCUT2D eigenvalue weighted by atomic mass is 10.2. The fourth-order valence-corrected chi connectivity index (χ4v) is 2.48. The fourth-order valence-electron chi connectivity index (χ4n) is 2.48. The second-order valence-electron chi connectivity index (χ2n) is 5.23. The van der Waals surface area contributed by atoms with Crippen LogP contribution in [-0.2, 0) is 9.53 Å². The molecule has 1 N–H and O–H groups in total. The van der Waals surface area contributed by atoms with Gasteiger partial charge < -0.3 is 14.7 Å². The Balaban J connectivity index is 1.96. The van der Waals surface area contributed by atoms with E-state index in [9.17, 15) is 19.5 Å². The summed E-state index contributed by atoms with van der Waals surface area (Å²) in [6.45, 7) is 0.342. The quantitative estimate of drug-likeness (QED) is 0.860. The third kappa shape index (κ3) is 3.04. The molecule has 0 radical (unpaired) electrons. The molecule has 124 valence electrons. The van der Waals surface area contributed by atoms with E-state index in [1.54, 1.807) is 30.3 Å². The molecule has 1 aromatic heterocycles. The number of rotatable bonds is 3. The van der Waals surface area contributed by atoms with Crippen LogP contribution in [0.2, 0.25) is 0 Å². The van der Waals surface area contributed by atoms with Crippen molar-refractivity contribution in [1.29, 1.82) is 0 Å². The Morgan fingerprint density at radius 1 is 1.17 bits per heavy atom. The number of aromatic nitrogens is 2. The summed E-state index contributed by atoms with van der Waals surface area (Å²) in [5.74, 6) is -1.69. The molecule has 0 bridgehead atoms. The molecule has 0 unspecified atom stereocenters. The van der Waals surface area contributed by atoms with E-state index in [0.717, 1.165) is 4.68 Å². The minimum atomic E-state index is -1.14. The molecule has 8 heteroatoms. The second kappa shape index (κ2) is 6.63. The Labute approximate surface area is 136 Å². The molecule has 1 aromatic carbocycles. The van der Waals surface area contributed by atoms with Crippen LogP contribution in [0.5, 0.6) is 0 Å². The van der Waals surface area contributed by atoms with Crippen LogP contribution in [0.1, 0.15) is 10.5 Å². The van der Waals surface area contributed by atoms with Gasteiger partial charge in [-0.3, -0.25) is 9.59 Å². The van der Waals surface area contributed by atoms with Crippen LogP contribution in [0.3, 0.4) is 0 Å². The van der Waals surface area contributed by atoms with Gasteiger partial charge in [0.15, 0.2) is 6.04 Å². The van der Waals surface area contributed by atoms with Crippen molar-refractivity contribution in [3.8, 4) is 5.69 Å². The van der Waals surface area contributed by atoms with Gasteiger partial charge in [-0.2, -0.15) is 9.78 Å². The molecule has 8 nitrogen and oxygen atoms in total. The van der Waals surface area contributed by atoms with Gasteiger partial charge in [0.05, 0.1) is 18.9 Å². The predicted octanol–water partition coefficient (Wildman–Crippen LogP) is 0.158. The highest BCUT2D eigenvalue weighted by molar-refractivity contribution is 5.95. The van der Waals surface area contributed by atoms with Crippen LogP contribution in [0.15, 0.2) is 47.3 Å². The second-order valence-corrected chi connectivity index (χ2v) is 5.23. The number of hydrogen-bond acceptors (Lipinski definition) is 5. The molecule has 1 fully saturated rings. The van der Waals surface area contributed by atoms with E-state index in [1.807, 2.05) is 0 Å². The van der Waals surface area contributed by atoms with Gasteiger partial charge in [-0.25, -0.2) is 4.79 Å². The number of morpholine rings is 1. The Kier molecular flexibility index (Phi) is 4.39. The summed E-state index contributed by atoms with van der Waals surface area (Å²) >= 11 is 0. The summed E-state index contributed by atoms with van der Waals surface area (Å²) in [6.07, 6.45) is 0. The molecular weight excluding hydrogens is 314 g/mol. The van der Waals surface area contributed by atoms with Crippen LogP contribution in [0.4, 0.5) is 0 Å². The van der Waals surface area contributed by atoms with E-state index in [-0.39, 0.29) is 31.0 Å². The maximum atomic E-state index is 12.6. The Morgan fingerprint density at radius 3 is 2.62 bits per heavy atom. The molecule has 1 aliphatic rings. The smallest absolute Gasteiger partial charge is 0.328 e. The van der Waals surface area contributed by atoms with E-state index >= 15 is 0 Å². The average molecular weight is 329 g/mol. The molecule has 2 aromatic rings. The standard InChI is InChI=1S/C16H15N3O5/c20-14-7-6-12(17-19(14)11-4-2-1-3-5-11)15(21)18-8-9-24-10-13(18)16(22)23/h1-7,13H,8-10H2,(H,22,23)/t13-/m0/s1. The number of carbonyl (C=O) groups is 2. The predicted molar refractivity (Wildman–Crippen MR) is 83.1 cm³/mol. The highest BCUT2D eigenvalue weighted by Gasteiger charge is 2.34. The first-order valence-electron chi connectivity index (χ1n) is 7.35. The number of carboxylic acids is 1. The summed E-state index contributed by atoms with van der Waals surface area (Å²) in [5.41, 5.74) is 0.148. The van der Waals surface area contributed by atoms with E-state index in [1.165, 1.54) is 17.0 Å². The van der Waals surface area contributed by atoms with Gasteiger partial charge in [0, 0.05) is 12.6 Å². The van der Waals surface area contributed by atoms with Gasteiger partial charge in [-0.05, 0) is 18.2 Å². The summed E-state index contributed by atoms with van der Waals surface area (Å²) in [7, 11) is 0. The molecule has 1 saturated heterocycles. The number of ether oxygens (including phenoxy) is 1. The zero-order valence-electron chi connectivity index (χ0n) is 12.7. The SMILES string of the molecule is O=C(O)[C@@H]1COCCN1C(=O)c1ccc(=O)n(-c2ccccc2)n1. The van der Waals surface area contributed by atoms with Gasteiger partial charge in [-0.15, -0.1) is 0 Å². The van der Waals surface area contributed by atoms with E-state index in [2.05, 4.69) is 5.10 Å². The minimum Gasteiger partial charge on any atom is -0.480 e. The molecule has 1 atom stereocenters. The Hall–Kier alpha value is -3.00. The minimum absolute atomic E-state index is 0.00611. The van der Waals surface area contributed by atoms with Gasteiger partial charge in [0.2, 0.25) is 0 Å². The van der Waals surface area contributed by atoms with Crippen molar-refractivity contribution in [1.82, 2.24) is 14.7 Å². The lowest BCUT2D eigenvalue weighted by Gasteiger charge is -2.32. The number of aliphatic carboxylic acids is 1. The normalized spacial score (nSPS) is 17.5. The Morgan fingerprint density at radius 2 is 1.92 bits per heavy atom. The van der Waals surface area contributed by atoms with Crippen molar-refractivity contribution in [2.24, 2.45) is 0 Å². The summed E-state index contributed by atoms with van der Waals surface area (Å²) < 4.78 is 6.24. The van der Waals surface area contributed by atoms with E-state index in [0.29, 0.717) is 5.69 Å². The number of hydrogen-bond donors (Lipinski definition) is 1. The maximum Gasteiger partial charge on any atom is 0.328 e. The van der Waals surface area contributed by atoms with Crippen molar-refractivity contribution in [2.75, 3.05) is 19.8 Å². The van der Waals surface area contributed by atoms with Crippen LogP contribution in [0.25, 0.3) is 5.69 Å².